The second-order valence-corrected chi connectivity index (χ2v) is 5.57. The molecule has 0 bridgehead atoms. The highest BCUT2D eigenvalue weighted by Crippen LogP contribution is 2.24. The number of halogens is 1. The Labute approximate surface area is 113 Å². The third-order valence-corrected chi connectivity index (χ3v) is 3.60. The van der Waals surface area contributed by atoms with Crippen LogP contribution in [0, 0.1) is 5.92 Å². The zero-order chi connectivity index (χ0) is 12.3. The molecule has 17 heavy (non-hydrogen) atoms. The van der Waals surface area contributed by atoms with Crippen molar-refractivity contribution < 1.29 is 0 Å². The SMILES string of the molecule is CC1CCC(NC(=S)Nc2ccc(Cl)cc2)C1. The van der Waals surface area contributed by atoms with Crippen molar-refractivity contribution in [1.82, 2.24) is 5.32 Å². The number of rotatable bonds is 2. The lowest BCUT2D eigenvalue weighted by Crippen LogP contribution is -2.36. The Morgan fingerprint density at radius 2 is 2.00 bits per heavy atom. The summed E-state index contributed by atoms with van der Waals surface area (Å²) in [6.45, 7) is 2.29. The lowest BCUT2D eigenvalue weighted by atomic mass is 10.1. The van der Waals surface area contributed by atoms with Gasteiger partial charge in [-0.05, 0) is 61.7 Å². The van der Waals surface area contributed by atoms with Crippen LogP contribution in [0.5, 0.6) is 0 Å². The molecular weight excluding hydrogens is 252 g/mol. The van der Waals surface area contributed by atoms with Crippen LogP contribution in [0.15, 0.2) is 24.3 Å². The molecule has 1 fully saturated rings. The van der Waals surface area contributed by atoms with Crippen LogP contribution >= 0.6 is 23.8 Å². The van der Waals surface area contributed by atoms with Gasteiger partial charge in [0.2, 0.25) is 0 Å². The van der Waals surface area contributed by atoms with Crippen LogP contribution in [0.1, 0.15) is 26.2 Å². The van der Waals surface area contributed by atoms with E-state index in [1.165, 1.54) is 19.3 Å². The lowest BCUT2D eigenvalue weighted by molar-refractivity contribution is 0.572. The van der Waals surface area contributed by atoms with E-state index < -0.39 is 0 Å². The molecule has 2 N–H and O–H groups in total. The van der Waals surface area contributed by atoms with E-state index in [1.807, 2.05) is 24.3 Å². The highest BCUT2D eigenvalue weighted by atomic mass is 35.5. The van der Waals surface area contributed by atoms with Crippen molar-refractivity contribution in [1.29, 1.82) is 0 Å². The number of anilines is 1. The second-order valence-electron chi connectivity index (χ2n) is 4.72. The fraction of sp³-hybridized carbons (Fsp3) is 0.462. The molecule has 1 saturated carbocycles. The number of nitrogens with one attached hydrogen (secondary N) is 2. The molecule has 0 amide bonds. The Morgan fingerprint density at radius 1 is 1.29 bits per heavy atom. The molecular formula is C13H17ClN2S. The van der Waals surface area contributed by atoms with Crippen molar-refractivity contribution in [2.75, 3.05) is 5.32 Å². The maximum atomic E-state index is 5.83. The summed E-state index contributed by atoms with van der Waals surface area (Å²) in [7, 11) is 0. The molecule has 92 valence electrons. The van der Waals surface area contributed by atoms with Gasteiger partial charge < -0.3 is 10.6 Å². The van der Waals surface area contributed by atoms with Gasteiger partial charge in [0, 0.05) is 16.8 Å². The summed E-state index contributed by atoms with van der Waals surface area (Å²) in [6.07, 6.45) is 3.72. The van der Waals surface area contributed by atoms with Crippen molar-refractivity contribution in [2.24, 2.45) is 5.92 Å². The summed E-state index contributed by atoms with van der Waals surface area (Å²) in [4.78, 5) is 0. The van der Waals surface area contributed by atoms with Crippen molar-refractivity contribution in [2.45, 2.75) is 32.2 Å². The zero-order valence-corrected chi connectivity index (χ0v) is 11.4. The standard InChI is InChI=1S/C13H17ClN2S/c1-9-2-5-12(8-9)16-13(17)15-11-6-3-10(14)4-7-11/h3-4,6-7,9,12H,2,5,8H2,1H3,(H2,15,16,17). The normalized spacial score (nSPS) is 23.4. The van der Waals surface area contributed by atoms with Gasteiger partial charge in [0.1, 0.15) is 0 Å². The minimum Gasteiger partial charge on any atom is -0.360 e. The second kappa shape index (κ2) is 5.69. The molecule has 2 rings (SSSR count). The van der Waals surface area contributed by atoms with E-state index in [-0.39, 0.29) is 0 Å². The first-order chi connectivity index (χ1) is 8.13. The van der Waals surface area contributed by atoms with Crippen LogP contribution < -0.4 is 10.6 Å². The Kier molecular flexibility index (Phi) is 4.24. The van der Waals surface area contributed by atoms with Crippen LogP contribution in [0.2, 0.25) is 5.02 Å². The monoisotopic (exact) mass is 268 g/mol. The van der Waals surface area contributed by atoms with Crippen LogP contribution in [-0.2, 0) is 0 Å². The molecule has 1 aliphatic rings. The molecule has 0 aliphatic heterocycles. The quantitative estimate of drug-likeness (QED) is 0.798. The predicted octanol–water partition coefficient (Wildman–Crippen LogP) is 3.82. The number of hydrogen-bond acceptors (Lipinski definition) is 1. The molecule has 1 aliphatic carbocycles. The smallest absolute Gasteiger partial charge is 0.170 e. The van der Waals surface area contributed by atoms with E-state index in [2.05, 4.69) is 17.6 Å². The van der Waals surface area contributed by atoms with E-state index in [9.17, 15) is 0 Å². The van der Waals surface area contributed by atoms with E-state index in [4.69, 9.17) is 23.8 Å². The largest absolute Gasteiger partial charge is 0.360 e. The Morgan fingerprint density at radius 3 is 2.59 bits per heavy atom. The molecule has 0 aromatic heterocycles. The Bertz CT molecular complexity index is 391. The molecule has 0 saturated heterocycles. The Balaban J connectivity index is 1.83. The molecule has 0 spiro atoms. The fourth-order valence-electron chi connectivity index (χ4n) is 2.22. The van der Waals surface area contributed by atoms with Crippen LogP contribution in [0.4, 0.5) is 5.69 Å². The van der Waals surface area contributed by atoms with Crippen LogP contribution in [0.3, 0.4) is 0 Å². The lowest BCUT2D eigenvalue weighted by Gasteiger charge is -2.16. The summed E-state index contributed by atoms with van der Waals surface area (Å²) in [5.41, 5.74) is 0.970. The van der Waals surface area contributed by atoms with Gasteiger partial charge in [-0.3, -0.25) is 0 Å². The van der Waals surface area contributed by atoms with Gasteiger partial charge in [-0.25, -0.2) is 0 Å². The number of thiocarbonyl (C=S) groups is 1. The summed E-state index contributed by atoms with van der Waals surface area (Å²) >= 11 is 11.1. The van der Waals surface area contributed by atoms with E-state index in [0.717, 1.165) is 16.6 Å². The first-order valence-corrected chi connectivity index (χ1v) is 6.75. The number of hydrogen-bond donors (Lipinski definition) is 2. The molecule has 0 radical (unpaired) electrons. The van der Waals surface area contributed by atoms with E-state index in [1.54, 1.807) is 0 Å². The van der Waals surface area contributed by atoms with Crippen LogP contribution in [-0.4, -0.2) is 11.2 Å². The van der Waals surface area contributed by atoms with Gasteiger partial charge in [-0.15, -0.1) is 0 Å². The minimum absolute atomic E-state index is 0.525. The molecule has 2 unspecified atom stereocenters. The van der Waals surface area contributed by atoms with Gasteiger partial charge in [0.15, 0.2) is 5.11 Å². The molecule has 0 heterocycles. The van der Waals surface area contributed by atoms with Crippen molar-refractivity contribution in [3.05, 3.63) is 29.3 Å². The average molecular weight is 269 g/mol. The fourth-order valence-corrected chi connectivity index (χ4v) is 2.63. The molecule has 2 atom stereocenters. The van der Waals surface area contributed by atoms with Gasteiger partial charge in [-0.2, -0.15) is 0 Å². The molecule has 2 nitrogen and oxygen atoms in total. The summed E-state index contributed by atoms with van der Waals surface area (Å²) in [5, 5.41) is 7.97. The maximum absolute atomic E-state index is 5.83. The predicted molar refractivity (Wildman–Crippen MR) is 77.6 cm³/mol. The average Bonchev–Trinajstić information content (AvgIpc) is 2.67. The Hall–Kier alpha value is -0.800. The van der Waals surface area contributed by atoms with E-state index in [0.29, 0.717) is 11.2 Å². The summed E-state index contributed by atoms with van der Waals surface area (Å²) in [6, 6.07) is 8.08. The zero-order valence-electron chi connectivity index (χ0n) is 9.87. The topological polar surface area (TPSA) is 24.1 Å². The van der Waals surface area contributed by atoms with Gasteiger partial charge in [0.25, 0.3) is 0 Å². The molecule has 1 aromatic carbocycles. The highest BCUT2D eigenvalue weighted by molar-refractivity contribution is 7.80. The van der Waals surface area contributed by atoms with Gasteiger partial charge in [0.05, 0.1) is 0 Å². The van der Waals surface area contributed by atoms with Gasteiger partial charge in [-0.1, -0.05) is 18.5 Å². The van der Waals surface area contributed by atoms with E-state index >= 15 is 0 Å². The minimum atomic E-state index is 0.525. The first kappa shape index (κ1) is 12.7. The highest BCUT2D eigenvalue weighted by Gasteiger charge is 2.21. The number of benzene rings is 1. The third-order valence-electron chi connectivity index (χ3n) is 3.13. The summed E-state index contributed by atoms with van der Waals surface area (Å²) in [5.74, 6) is 0.811. The van der Waals surface area contributed by atoms with Crippen molar-refractivity contribution >= 4 is 34.6 Å². The third kappa shape index (κ3) is 3.86. The molecule has 4 heteroatoms. The summed E-state index contributed by atoms with van der Waals surface area (Å²) < 4.78 is 0. The maximum Gasteiger partial charge on any atom is 0.170 e. The van der Waals surface area contributed by atoms with Crippen molar-refractivity contribution in [3.63, 3.8) is 0 Å². The molecule has 1 aromatic rings. The van der Waals surface area contributed by atoms with Gasteiger partial charge >= 0.3 is 0 Å². The van der Waals surface area contributed by atoms with Crippen molar-refractivity contribution in [3.8, 4) is 0 Å². The first-order valence-electron chi connectivity index (χ1n) is 5.96. The van der Waals surface area contributed by atoms with Crippen LogP contribution in [0.25, 0.3) is 0 Å².